The minimum Gasteiger partial charge on any atom is -0.297 e. The first-order valence-electron chi connectivity index (χ1n) is 2.92. The first kappa shape index (κ1) is 6.48. The number of amides is 1. The number of carbonyl (C=O) groups is 1. The predicted octanol–water partition coefficient (Wildman–Crippen LogP) is 0.387. The lowest BCUT2D eigenvalue weighted by atomic mass is 10.2. The summed E-state index contributed by atoms with van der Waals surface area (Å²) in [6, 6.07) is 0. The fraction of sp³-hybridized carbons (Fsp3) is 0.200. The first-order chi connectivity index (χ1) is 5.27. The first-order valence-corrected chi connectivity index (χ1v) is 3.30. The lowest BCUT2D eigenvalue weighted by Crippen LogP contribution is -2.36. The maximum atomic E-state index is 11.0. The number of hydrogen-bond acceptors (Lipinski definition) is 4. The van der Waals surface area contributed by atoms with Gasteiger partial charge < -0.3 is 0 Å². The van der Waals surface area contributed by atoms with Gasteiger partial charge in [-0.25, -0.2) is 4.99 Å². The van der Waals surface area contributed by atoms with E-state index in [1.165, 1.54) is 6.20 Å². The van der Waals surface area contributed by atoms with Crippen LogP contribution in [0.4, 0.5) is 0 Å². The average molecular weight is 171 g/mol. The second-order valence-electron chi connectivity index (χ2n) is 2.06. The maximum absolute atomic E-state index is 11.0. The normalized spacial score (nSPS) is 27.4. The number of aliphatic imine (C=N–C) groups is 1. The zero-order valence-electron chi connectivity index (χ0n) is 5.28. The molecule has 56 valence electrons. The minimum absolute atomic E-state index is 0.0676. The van der Waals surface area contributed by atoms with Crippen LogP contribution in [0.5, 0.6) is 0 Å². The molecule has 0 bridgehead atoms. The Morgan fingerprint density at radius 2 is 2.45 bits per heavy atom. The smallest absolute Gasteiger partial charge is 0.259 e. The van der Waals surface area contributed by atoms with Gasteiger partial charge in [-0.05, 0) is 11.6 Å². The van der Waals surface area contributed by atoms with Gasteiger partial charge in [0.05, 0.1) is 11.8 Å². The standard InChI is InChI=1S/C5H3ClN4O/c6-5-8-3-2(1-7-10-3)4(11)9-5/h1,3H,(H,8,9,11). The number of amidine groups is 1. The Morgan fingerprint density at radius 3 is 3.27 bits per heavy atom. The Morgan fingerprint density at radius 1 is 1.64 bits per heavy atom. The minimum atomic E-state index is -0.517. The van der Waals surface area contributed by atoms with Crippen molar-refractivity contribution >= 4 is 22.8 Å². The van der Waals surface area contributed by atoms with E-state index in [9.17, 15) is 4.79 Å². The summed E-state index contributed by atoms with van der Waals surface area (Å²) in [6.07, 6.45) is 0.864. The molecule has 0 aromatic heterocycles. The highest BCUT2D eigenvalue weighted by Crippen LogP contribution is 2.19. The highest BCUT2D eigenvalue weighted by Gasteiger charge is 2.28. The van der Waals surface area contributed by atoms with Crippen molar-refractivity contribution in [2.45, 2.75) is 6.17 Å². The zero-order valence-corrected chi connectivity index (χ0v) is 6.04. The van der Waals surface area contributed by atoms with Crippen LogP contribution in [0.25, 0.3) is 0 Å². The van der Waals surface area contributed by atoms with Crippen LogP contribution < -0.4 is 5.32 Å². The monoisotopic (exact) mass is 170 g/mol. The van der Waals surface area contributed by atoms with Gasteiger partial charge in [-0.2, -0.15) is 10.2 Å². The van der Waals surface area contributed by atoms with Crippen molar-refractivity contribution in [2.24, 2.45) is 15.2 Å². The second-order valence-corrected chi connectivity index (χ2v) is 2.42. The van der Waals surface area contributed by atoms with Crippen molar-refractivity contribution < 1.29 is 4.79 Å². The van der Waals surface area contributed by atoms with Crippen LogP contribution in [0.2, 0.25) is 0 Å². The number of nitrogens with one attached hydrogen (secondary N) is 1. The molecule has 2 aliphatic rings. The molecule has 0 aromatic carbocycles. The van der Waals surface area contributed by atoms with E-state index in [1.54, 1.807) is 0 Å². The van der Waals surface area contributed by atoms with Crippen LogP contribution in [-0.2, 0) is 4.79 Å². The number of nitrogens with zero attached hydrogens (tertiary/aromatic N) is 3. The molecule has 2 heterocycles. The molecule has 2 aliphatic heterocycles. The molecule has 0 saturated carbocycles. The molecular formula is C5H3ClN4O. The van der Waals surface area contributed by atoms with Crippen LogP contribution in [0, 0.1) is 0 Å². The molecule has 5 nitrogen and oxygen atoms in total. The summed E-state index contributed by atoms with van der Waals surface area (Å²) in [5, 5.41) is 9.61. The van der Waals surface area contributed by atoms with Crippen molar-refractivity contribution in [3.63, 3.8) is 0 Å². The number of carbonyl (C=O) groups excluding carboxylic acids is 1. The lowest BCUT2D eigenvalue weighted by Gasteiger charge is -2.12. The quantitative estimate of drug-likeness (QED) is 0.525. The van der Waals surface area contributed by atoms with E-state index in [2.05, 4.69) is 20.5 Å². The summed E-state index contributed by atoms with van der Waals surface area (Å²) in [6.45, 7) is 0. The topological polar surface area (TPSA) is 66.2 Å². The molecule has 1 atom stereocenters. The van der Waals surface area contributed by atoms with Crippen molar-refractivity contribution in [1.29, 1.82) is 0 Å². The zero-order chi connectivity index (χ0) is 7.84. The van der Waals surface area contributed by atoms with E-state index in [0.717, 1.165) is 0 Å². The lowest BCUT2D eigenvalue weighted by molar-refractivity contribution is -0.116. The van der Waals surface area contributed by atoms with Crippen molar-refractivity contribution in [3.8, 4) is 0 Å². The number of azo groups is 1. The summed E-state index contributed by atoms with van der Waals surface area (Å²) >= 11 is 5.47. The van der Waals surface area contributed by atoms with Gasteiger partial charge in [-0.1, -0.05) is 0 Å². The van der Waals surface area contributed by atoms with E-state index in [0.29, 0.717) is 5.57 Å². The van der Waals surface area contributed by atoms with Crippen LogP contribution in [-0.4, -0.2) is 17.4 Å². The Bertz CT molecular complexity index is 306. The van der Waals surface area contributed by atoms with Crippen molar-refractivity contribution in [1.82, 2.24) is 5.32 Å². The van der Waals surface area contributed by atoms with Crippen molar-refractivity contribution in [3.05, 3.63) is 11.8 Å². The summed E-state index contributed by atoms with van der Waals surface area (Å²) in [5.41, 5.74) is 0.439. The van der Waals surface area contributed by atoms with Crippen LogP contribution >= 0.6 is 11.6 Å². The average Bonchev–Trinajstić information content (AvgIpc) is 2.34. The van der Waals surface area contributed by atoms with Gasteiger partial charge in [-0.15, -0.1) is 0 Å². The van der Waals surface area contributed by atoms with E-state index in [1.807, 2.05) is 0 Å². The molecule has 1 unspecified atom stereocenters. The van der Waals surface area contributed by atoms with Crippen LogP contribution in [0.1, 0.15) is 0 Å². The maximum Gasteiger partial charge on any atom is 0.259 e. The highest BCUT2D eigenvalue weighted by atomic mass is 35.5. The summed E-state index contributed by atoms with van der Waals surface area (Å²) in [4.78, 5) is 14.8. The molecule has 2 rings (SSSR count). The van der Waals surface area contributed by atoms with E-state index >= 15 is 0 Å². The van der Waals surface area contributed by atoms with Crippen molar-refractivity contribution in [2.75, 3.05) is 0 Å². The Hall–Kier alpha value is -1.23. The van der Waals surface area contributed by atoms with Gasteiger partial charge in [0.2, 0.25) is 5.29 Å². The predicted molar refractivity (Wildman–Crippen MR) is 38.2 cm³/mol. The molecule has 6 heteroatoms. The van der Waals surface area contributed by atoms with E-state index in [4.69, 9.17) is 11.6 Å². The fourth-order valence-electron chi connectivity index (χ4n) is 0.864. The third kappa shape index (κ3) is 0.932. The molecule has 0 spiro atoms. The number of halogens is 1. The van der Waals surface area contributed by atoms with Crippen LogP contribution in [0.15, 0.2) is 27.0 Å². The summed E-state index contributed by atoms with van der Waals surface area (Å²) < 4.78 is 0. The molecule has 0 aromatic rings. The van der Waals surface area contributed by atoms with Gasteiger partial charge in [0.25, 0.3) is 5.91 Å². The third-order valence-corrected chi connectivity index (χ3v) is 1.56. The van der Waals surface area contributed by atoms with E-state index < -0.39 is 6.17 Å². The highest BCUT2D eigenvalue weighted by molar-refractivity contribution is 6.66. The molecule has 0 radical (unpaired) electrons. The molecular weight excluding hydrogens is 168 g/mol. The van der Waals surface area contributed by atoms with E-state index in [-0.39, 0.29) is 11.2 Å². The molecule has 0 saturated heterocycles. The van der Waals surface area contributed by atoms with Gasteiger partial charge in [-0.3, -0.25) is 10.1 Å². The van der Waals surface area contributed by atoms with Gasteiger partial charge in [0.1, 0.15) is 0 Å². The molecule has 0 fully saturated rings. The van der Waals surface area contributed by atoms with Gasteiger partial charge in [0.15, 0.2) is 6.17 Å². The van der Waals surface area contributed by atoms with Gasteiger partial charge in [0, 0.05) is 0 Å². The summed E-state index contributed by atoms with van der Waals surface area (Å²) in [5.74, 6) is -0.278. The Labute approximate surface area is 66.9 Å². The summed E-state index contributed by atoms with van der Waals surface area (Å²) in [7, 11) is 0. The molecule has 11 heavy (non-hydrogen) atoms. The Kier molecular flexibility index (Phi) is 1.25. The Balaban J connectivity index is 2.42. The largest absolute Gasteiger partial charge is 0.297 e. The second kappa shape index (κ2) is 2.13. The SMILES string of the molecule is O=C1NC(Cl)=NC2N=NC=C12. The number of rotatable bonds is 0. The van der Waals surface area contributed by atoms with Crippen LogP contribution in [0.3, 0.4) is 0 Å². The third-order valence-electron chi connectivity index (χ3n) is 1.37. The van der Waals surface area contributed by atoms with Gasteiger partial charge >= 0.3 is 0 Å². The molecule has 1 amide bonds. The number of fused-ring (bicyclic) bond motifs is 1. The fourth-order valence-corrected chi connectivity index (χ4v) is 1.04. The number of hydrogen-bond donors (Lipinski definition) is 1. The molecule has 0 aliphatic carbocycles. The molecule has 1 N–H and O–H groups in total.